The summed E-state index contributed by atoms with van der Waals surface area (Å²) in [4.78, 5) is 0. The first-order valence-electron chi connectivity index (χ1n) is 8.57. The maximum absolute atomic E-state index is 6.94. The van der Waals surface area contributed by atoms with Crippen LogP contribution in [0, 0.1) is 17.8 Å². The Kier molecular flexibility index (Phi) is 3.98. The van der Waals surface area contributed by atoms with Crippen LogP contribution >= 0.6 is 0 Å². The molecule has 3 aliphatic carbocycles. The normalized spacial score (nSPS) is 43.2. The van der Waals surface area contributed by atoms with Gasteiger partial charge in [0.15, 0.2) is 0 Å². The third-order valence-corrected chi connectivity index (χ3v) is 6.34. The second kappa shape index (κ2) is 5.53. The largest absolute Gasteiger partial charge is 0.325 e. The molecule has 0 aromatic heterocycles. The molecule has 0 heterocycles. The molecule has 3 aliphatic rings. The Balaban J connectivity index is 1.70. The van der Waals surface area contributed by atoms with E-state index in [1.54, 1.807) is 0 Å². The second-order valence-electron chi connectivity index (χ2n) is 7.47. The van der Waals surface area contributed by atoms with E-state index in [4.69, 9.17) is 5.73 Å². The van der Waals surface area contributed by atoms with Gasteiger partial charge >= 0.3 is 0 Å². The highest BCUT2D eigenvalue weighted by Gasteiger charge is 2.41. The fraction of sp³-hybridized carbons (Fsp3) is 1.00. The molecule has 0 radical (unpaired) electrons. The van der Waals surface area contributed by atoms with Crippen molar-refractivity contribution in [2.24, 2.45) is 23.5 Å². The van der Waals surface area contributed by atoms with Gasteiger partial charge in [-0.25, -0.2) is 0 Å². The van der Waals surface area contributed by atoms with Crippen molar-refractivity contribution in [1.82, 2.24) is 0 Å². The van der Waals surface area contributed by atoms with Gasteiger partial charge in [-0.3, -0.25) is 0 Å². The van der Waals surface area contributed by atoms with Crippen LogP contribution in [0.4, 0.5) is 0 Å². The molecular formula is C17H31N. The summed E-state index contributed by atoms with van der Waals surface area (Å²) in [6.07, 6.45) is 18.7. The molecule has 0 amide bonds. The van der Waals surface area contributed by atoms with Crippen molar-refractivity contribution < 1.29 is 0 Å². The highest BCUT2D eigenvalue weighted by atomic mass is 14.8. The Morgan fingerprint density at radius 2 is 1.28 bits per heavy atom. The first-order valence-corrected chi connectivity index (χ1v) is 8.57. The molecule has 3 fully saturated rings. The van der Waals surface area contributed by atoms with Gasteiger partial charge in [-0.15, -0.1) is 0 Å². The van der Waals surface area contributed by atoms with Crippen molar-refractivity contribution in [3.8, 4) is 0 Å². The first kappa shape index (κ1) is 13.0. The van der Waals surface area contributed by atoms with E-state index in [-0.39, 0.29) is 5.54 Å². The number of fused-ring (bicyclic) bond motifs is 1. The Labute approximate surface area is 113 Å². The van der Waals surface area contributed by atoms with Crippen LogP contribution in [-0.4, -0.2) is 5.54 Å². The van der Waals surface area contributed by atoms with Crippen LogP contribution in [-0.2, 0) is 0 Å². The summed E-state index contributed by atoms with van der Waals surface area (Å²) in [5, 5.41) is 0. The molecule has 3 saturated carbocycles. The number of nitrogens with two attached hydrogens (primary N) is 1. The molecule has 1 heteroatoms. The van der Waals surface area contributed by atoms with Gasteiger partial charge in [-0.05, 0) is 43.4 Å². The molecule has 3 unspecified atom stereocenters. The monoisotopic (exact) mass is 249 g/mol. The van der Waals surface area contributed by atoms with Crippen molar-refractivity contribution in [3.05, 3.63) is 0 Å². The summed E-state index contributed by atoms with van der Waals surface area (Å²) in [6.45, 7) is 0. The molecule has 2 N–H and O–H groups in total. The Bertz CT molecular complexity index is 269. The van der Waals surface area contributed by atoms with E-state index in [0.717, 1.165) is 17.8 Å². The summed E-state index contributed by atoms with van der Waals surface area (Å²) in [5.74, 6) is 2.87. The lowest BCUT2D eigenvalue weighted by Gasteiger charge is -2.42. The van der Waals surface area contributed by atoms with E-state index in [2.05, 4.69) is 0 Å². The van der Waals surface area contributed by atoms with Gasteiger partial charge in [-0.1, -0.05) is 57.8 Å². The second-order valence-corrected chi connectivity index (χ2v) is 7.47. The van der Waals surface area contributed by atoms with Gasteiger partial charge < -0.3 is 5.73 Å². The molecule has 3 atom stereocenters. The van der Waals surface area contributed by atoms with E-state index in [9.17, 15) is 0 Å². The molecule has 3 rings (SSSR count). The average molecular weight is 249 g/mol. The maximum atomic E-state index is 6.94. The van der Waals surface area contributed by atoms with Gasteiger partial charge in [0.2, 0.25) is 0 Å². The zero-order valence-electron chi connectivity index (χ0n) is 12.0. The van der Waals surface area contributed by atoms with Crippen LogP contribution < -0.4 is 5.73 Å². The summed E-state index contributed by atoms with van der Waals surface area (Å²) in [6, 6.07) is 0. The number of hydrogen-bond donors (Lipinski definition) is 1. The molecule has 0 saturated heterocycles. The van der Waals surface area contributed by atoms with Gasteiger partial charge in [0.05, 0.1) is 0 Å². The topological polar surface area (TPSA) is 26.0 Å². The van der Waals surface area contributed by atoms with Crippen LogP contribution in [0.1, 0.15) is 83.5 Å². The molecule has 0 aromatic rings. The maximum Gasteiger partial charge on any atom is 0.0185 e. The van der Waals surface area contributed by atoms with Crippen molar-refractivity contribution in [2.75, 3.05) is 0 Å². The molecule has 0 aliphatic heterocycles. The van der Waals surface area contributed by atoms with Gasteiger partial charge in [0.25, 0.3) is 0 Å². The van der Waals surface area contributed by atoms with Crippen molar-refractivity contribution in [2.45, 2.75) is 89.0 Å². The summed E-state index contributed by atoms with van der Waals surface area (Å²) in [5.41, 5.74) is 7.16. The standard InChI is InChI=1S/C17H31N/c18-17(16-10-2-1-3-11-16)12-6-9-14-7-4-5-8-15(14)13-17/h14-16H,1-13,18H2. The average Bonchev–Trinajstić information content (AvgIpc) is 2.59. The van der Waals surface area contributed by atoms with Gasteiger partial charge in [0, 0.05) is 5.54 Å². The highest BCUT2D eigenvalue weighted by molar-refractivity contribution is 4.98. The van der Waals surface area contributed by atoms with Crippen molar-refractivity contribution in [3.63, 3.8) is 0 Å². The number of rotatable bonds is 1. The van der Waals surface area contributed by atoms with Crippen LogP contribution in [0.5, 0.6) is 0 Å². The highest BCUT2D eigenvalue weighted by Crippen LogP contribution is 2.46. The molecule has 18 heavy (non-hydrogen) atoms. The van der Waals surface area contributed by atoms with Crippen molar-refractivity contribution >= 4 is 0 Å². The summed E-state index contributed by atoms with van der Waals surface area (Å²) in [7, 11) is 0. The Morgan fingerprint density at radius 1 is 0.667 bits per heavy atom. The smallest absolute Gasteiger partial charge is 0.0185 e. The first-order chi connectivity index (χ1) is 8.78. The zero-order chi connectivity index (χ0) is 12.4. The predicted octanol–water partition coefficient (Wildman–Crippen LogP) is 4.64. The van der Waals surface area contributed by atoms with E-state index in [0.29, 0.717) is 0 Å². The quantitative estimate of drug-likeness (QED) is 0.719. The van der Waals surface area contributed by atoms with Gasteiger partial charge in [-0.2, -0.15) is 0 Å². The van der Waals surface area contributed by atoms with Crippen LogP contribution in [0.3, 0.4) is 0 Å². The van der Waals surface area contributed by atoms with Crippen LogP contribution in [0.15, 0.2) is 0 Å². The van der Waals surface area contributed by atoms with Gasteiger partial charge in [0.1, 0.15) is 0 Å². The lowest BCUT2D eigenvalue weighted by atomic mass is 9.67. The third kappa shape index (κ3) is 2.61. The fourth-order valence-corrected chi connectivity index (χ4v) is 5.27. The molecule has 0 aromatic carbocycles. The predicted molar refractivity (Wildman–Crippen MR) is 77.4 cm³/mol. The summed E-state index contributed by atoms with van der Waals surface area (Å²) >= 11 is 0. The number of hydrogen-bond acceptors (Lipinski definition) is 1. The third-order valence-electron chi connectivity index (χ3n) is 6.34. The molecule has 1 nitrogen and oxygen atoms in total. The van der Waals surface area contributed by atoms with E-state index >= 15 is 0 Å². The van der Waals surface area contributed by atoms with Crippen LogP contribution in [0.2, 0.25) is 0 Å². The Morgan fingerprint density at radius 3 is 2.06 bits per heavy atom. The minimum absolute atomic E-state index is 0.219. The minimum atomic E-state index is 0.219. The Hall–Kier alpha value is -0.0400. The van der Waals surface area contributed by atoms with E-state index in [1.165, 1.54) is 83.5 Å². The molecular weight excluding hydrogens is 218 g/mol. The lowest BCUT2D eigenvalue weighted by Crippen LogP contribution is -2.49. The van der Waals surface area contributed by atoms with Crippen LogP contribution in [0.25, 0.3) is 0 Å². The van der Waals surface area contributed by atoms with Crippen molar-refractivity contribution in [1.29, 1.82) is 0 Å². The zero-order valence-corrected chi connectivity index (χ0v) is 12.0. The minimum Gasteiger partial charge on any atom is -0.325 e. The molecule has 0 bridgehead atoms. The molecule has 0 spiro atoms. The summed E-state index contributed by atoms with van der Waals surface area (Å²) < 4.78 is 0. The SMILES string of the molecule is NC1(C2CCCCC2)CCCC2CCCCC2C1. The van der Waals surface area contributed by atoms with E-state index in [1.807, 2.05) is 0 Å². The molecule has 104 valence electrons. The lowest BCUT2D eigenvalue weighted by molar-refractivity contribution is 0.138. The fourth-order valence-electron chi connectivity index (χ4n) is 5.27. The van der Waals surface area contributed by atoms with E-state index < -0.39 is 0 Å².